The number of rotatable bonds is 3. The third-order valence-electron chi connectivity index (χ3n) is 3.06. The van der Waals surface area contributed by atoms with Gasteiger partial charge in [-0.15, -0.1) is 0 Å². The molecule has 0 fully saturated rings. The lowest BCUT2D eigenvalue weighted by molar-refractivity contribution is 0.102. The van der Waals surface area contributed by atoms with Gasteiger partial charge in [-0.25, -0.2) is 0 Å². The van der Waals surface area contributed by atoms with E-state index in [0.29, 0.717) is 5.56 Å². The first-order valence-corrected chi connectivity index (χ1v) is 6.21. The largest absolute Gasteiger partial charge is 0.322 e. The maximum Gasteiger partial charge on any atom is 0.255 e. The molecule has 0 aliphatic carbocycles. The molecule has 0 aromatic heterocycles. The summed E-state index contributed by atoms with van der Waals surface area (Å²) in [5, 5.41) is 2.89. The Hall–Kier alpha value is -2.35. The maximum atomic E-state index is 12.1. The second kappa shape index (κ2) is 5.53. The number of benzene rings is 2. The van der Waals surface area contributed by atoms with E-state index in [1.807, 2.05) is 56.3 Å². The van der Waals surface area contributed by atoms with E-state index in [9.17, 15) is 4.79 Å². The molecule has 0 saturated carbocycles. The standard InChI is InChI=1S/C17H17NO/c1-4-14-7-8-15(11-13(14)3)17(19)18-16-9-5-12(2)6-10-16/h4-11H,1H2,2-3H3,(H,18,19). The average Bonchev–Trinajstić information content (AvgIpc) is 2.41. The van der Waals surface area contributed by atoms with Crippen molar-refractivity contribution in [3.8, 4) is 0 Å². The highest BCUT2D eigenvalue weighted by Crippen LogP contribution is 2.15. The summed E-state index contributed by atoms with van der Waals surface area (Å²) in [6, 6.07) is 13.3. The number of hydrogen-bond acceptors (Lipinski definition) is 1. The molecule has 2 aromatic rings. The highest BCUT2D eigenvalue weighted by Gasteiger charge is 2.07. The Morgan fingerprint density at radius 2 is 1.79 bits per heavy atom. The van der Waals surface area contributed by atoms with E-state index in [4.69, 9.17) is 0 Å². The van der Waals surface area contributed by atoms with Gasteiger partial charge in [0.2, 0.25) is 0 Å². The van der Waals surface area contributed by atoms with Gasteiger partial charge in [0.25, 0.3) is 5.91 Å². The zero-order valence-corrected chi connectivity index (χ0v) is 11.2. The summed E-state index contributed by atoms with van der Waals surface area (Å²) in [4.78, 5) is 12.1. The molecule has 0 radical (unpaired) electrons. The molecule has 2 heteroatoms. The van der Waals surface area contributed by atoms with Gasteiger partial charge < -0.3 is 5.32 Å². The predicted octanol–water partition coefficient (Wildman–Crippen LogP) is 4.20. The first-order chi connectivity index (χ1) is 9.10. The van der Waals surface area contributed by atoms with Crippen LogP contribution in [0.3, 0.4) is 0 Å². The maximum absolute atomic E-state index is 12.1. The van der Waals surface area contributed by atoms with E-state index in [2.05, 4.69) is 11.9 Å². The molecule has 1 N–H and O–H groups in total. The molecular weight excluding hydrogens is 234 g/mol. The van der Waals surface area contributed by atoms with Crippen molar-refractivity contribution in [1.82, 2.24) is 0 Å². The minimum Gasteiger partial charge on any atom is -0.322 e. The molecular formula is C17H17NO. The Morgan fingerprint density at radius 1 is 1.11 bits per heavy atom. The quantitative estimate of drug-likeness (QED) is 0.870. The fourth-order valence-corrected chi connectivity index (χ4v) is 1.89. The molecule has 19 heavy (non-hydrogen) atoms. The van der Waals surface area contributed by atoms with Crippen LogP contribution in [-0.2, 0) is 0 Å². The lowest BCUT2D eigenvalue weighted by atomic mass is 10.0. The predicted molar refractivity (Wildman–Crippen MR) is 80.4 cm³/mol. The Labute approximate surface area is 113 Å². The minimum atomic E-state index is -0.0948. The normalized spacial score (nSPS) is 10.0. The molecule has 2 aromatic carbocycles. The Bertz CT molecular complexity index is 612. The number of anilines is 1. The summed E-state index contributed by atoms with van der Waals surface area (Å²) in [7, 11) is 0. The minimum absolute atomic E-state index is 0.0948. The summed E-state index contributed by atoms with van der Waals surface area (Å²) in [5.41, 5.74) is 4.73. The smallest absolute Gasteiger partial charge is 0.255 e. The second-order valence-corrected chi connectivity index (χ2v) is 4.60. The number of carbonyl (C=O) groups is 1. The lowest BCUT2D eigenvalue weighted by Gasteiger charge is -2.07. The number of amides is 1. The Morgan fingerprint density at radius 3 is 2.37 bits per heavy atom. The Kier molecular flexibility index (Phi) is 3.81. The third-order valence-corrected chi connectivity index (χ3v) is 3.06. The first-order valence-electron chi connectivity index (χ1n) is 6.21. The van der Waals surface area contributed by atoms with Crippen LogP contribution in [0.25, 0.3) is 6.08 Å². The average molecular weight is 251 g/mol. The summed E-state index contributed by atoms with van der Waals surface area (Å²) in [5.74, 6) is -0.0948. The monoisotopic (exact) mass is 251 g/mol. The first kappa shape index (κ1) is 13.1. The number of carbonyl (C=O) groups excluding carboxylic acids is 1. The van der Waals surface area contributed by atoms with Crippen molar-refractivity contribution in [3.05, 3.63) is 71.3 Å². The zero-order chi connectivity index (χ0) is 13.8. The van der Waals surface area contributed by atoms with Crippen molar-refractivity contribution in [1.29, 1.82) is 0 Å². The van der Waals surface area contributed by atoms with E-state index in [0.717, 1.165) is 16.8 Å². The number of nitrogens with one attached hydrogen (secondary N) is 1. The van der Waals surface area contributed by atoms with Crippen molar-refractivity contribution in [2.75, 3.05) is 5.32 Å². The van der Waals surface area contributed by atoms with Crippen LogP contribution >= 0.6 is 0 Å². The van der Waals surface area contributed by atoms with Crippen LogP contribution < -0.4 is 5.32 Å². The second-order valence-electron chi connectivity index (χ2n) is 4.60. The van der Waals surface area contributed by atoms with Gasteiger partial charge >= 0.3 is 0 Å². The Balaban J connectivity index is 2.18. The molecule has 0 spiro atoms. The fraction of sp³-hybridized carbons (Fsp3) is 0.118. The third kappa shape index (κ3) is 3.10. The molecule has 0 unspecified atom stereocenters. The molecule has 0 atom stereocenters. The summed E-state index contributed by atoms with van der Waals surface area (Å²) < 4.78 is 0. The van der Waals surface area contributed by atoms with Gasteiger partial charge in [0, 0.05) is 11.3 Å². The lowest BCUT2D eigenvalue weighted by Crippen LogP contribution is -2.12. The number of aryl methyl sites for hydroxylation is 2. The van der Waals surface area contributed by atoms with E-state index >= 15 is 0 Å². The molecule has 0 aliphatic heterocycles. The van der Waals surface area contributed by atoms with Crippen molar-refractivity contribution in [2.45, 2.75) is 13.8 Å². The van der Waals surface area contributed by atoms with E-state index < -0.39 is 0 Å². The van der Waals surface area contributed by atoms with Crippen molar-refractivity contribution in [3.63, 3.8) is 0 Å². The van der Waals surface area contributed by atoms with Gasteiger partial charge in [-0.2, -0.15) is 0 Å². The van der Waals surface area contributed by atoms with Gasteiger partial charge in [-0.3, -0.25) is 4.79 Å². The fourth-order valence-electron chi connectivity index (χ4n) is 1.89. The summed E-state index contributed by atoms with van der Waals surface area (Å²) in [6.45, 7) is 7.73. The van der Waals surface area contributed by atoms with Gasteiger partial charge in [0.1, 0.15) is 0 Å². The molecule has 0 bridgehead atoms. The van der Waals surface area contributed by atoms with E-state index in [1.165, 1.54) is 5.56 Å². The van der Waals surface area contributed by atoms with Crippen molar-refractivity contribution < 1.29 is 4.79 Å². The van der Waals surface area contributed by atoms with Crippen LogP contribution in [0, 0.1) is 13.8 Å². The van der Waals surface area contributed by atoms with E-state index in [1.54, 1.807) is 6.08 Å². The van der Waals surface area contributed by atoms with Crippen LogP contribution in [0.15, 0.2) is 49.0 Å². The van der Waals surface area contributed by atoms with Crippen LogP contribution in [0.1, 0.15) is 27.0 Å². The van der Waals surface area contributed by atoms with Crippen LogP contribution in [0.2, 0.25) is 0 Å². The van der Waals surface area contributed by atoms with Crippen LogP contribution in [0.4, 0.5) is 5.69 Å². The molecule has 0 heterocycles. The molecule has 0 saturated heterocycles. The topological polar surface area (TPSA) is 29.1 Å². The molecule has 1 amide bonds. The van der Waals surface area contributed by atoms with Crippen LogP contribution in [-0.4, -0.2) is 5.91 Å². The van der Waals surface area contributed by atoms with Gasteiger partial charge in [-0.1, -0.05) is 36.4 Å². The summed E-state index contributed by atoms with van der Waals surface area (Å²) in [6.07, 6.45) is 1.79. The molecule has 2 rings (SSSR count). The highest BCUT2D eigenvalue weighted by atomic mass is 16.1. The van der Waals surface area contributed by atoms with Gasteiger partial charge in [0.05, 0.1) is 0 Å². The van der Waals surface area contributed by atoms with Gasteiger partial charge in [-0.05, 0) is 49.2 Å². The molecule has 2 nitrogen and oxygen atoms in total. The van der Waals surface area contributed by atoms with Gasteiger partial charge in [0.15, 0.2) is 0 Å². The van der Waals surface area contributed by atoms with Crippen molar-refractivity contribution >= 4 is 17.7 Å². The summed E-state index contributed by atoms with van der Waals surface area (Å²) >= 11 is 0. The molecule has 96 valence electrons. The van der Waals surface area contributed by atoms with Crippen LogP contribution in [0.5, 0.6) is 0 Å². The van der Waals surface area contributed by atoms with Crippen molar-refractivity contribution in [2.24, 2.45) is 0 Å². The highest BCUT2D eigenvalue weighted by molar-refractivity contribution is 6.04. The number of hydrogen-bond donors (Lipinski definition) is 1. The zero-order valence-electron chi connectivity index (χ0n) is 11.2. The molecule has 0 aliphatic rings. The van der Waals surface area contributed by atoms with E-state index in [-0.39, 0.29) is 5.91 Å². The SMILES string of the molecule is C=Cc1ccc(C(=O)Nc2ccc(C)cc2)cc1C.